The number of nitrogens with zero attached hydrogens (tertiary/aromatic N) is 2. The van der Waals surface area contributed by atoms with Gasteiger partial charge >= 0.3 is 5.97 Å². The topological polar surface area (TPSA) is 100 Å². The van der Waals surface area contributed by atoms with Crippen molar-refractivity contribution in [2.75, 3.05) is 38.2 Å². The lowest BCUT2D eigenvalue weighted by Gasteiger charge is -2.24. The minimum absolute atomic E-state index is 0.0317. The molecule has 2 aromatic rings. The molecule has 1 saturated heterocycles. The number of amides is 1. The SMILES string of the molecule is O=C(O)CC1COc2cc(NC(=O)c3ccc(C=NN4CCOCC4)cc3)ccc2C1. The molecule has 162 valence electrons. The number of hydrazone groups is 1. The van der Waals surface area contributed by atoms with Crippen LogP contribution in [0.4, 0.5) is 5.69 Å². The molecule has 0 radical (unpaired) electrons. The van der Waals surface area contributed by atoms with Gasteiger partial charge in [0.1, 0.15) is 5.75 Å². The van der Waals surface area contributed by atoms with E-state index in [0.29, 0.717) is 43.2 Å². The highest BCUT2D eigenvalue weighted by Gasteiger charge is 2.22. The molecule has 2 heterocycles. The van der Waals surface area contributed by atoms with Gasteiger partial charge in [-0.2, -0.15) is 5.10 Å². The Kier molecular flexibility index (Phi) is 6.47. The van der Waals surface area contributed by atoms with Gasteiger partial charge in [0.25, 0.3) is 5.91 Å². The Balaban J connectivity index is 1.35. The van der Waals surface area contributed by atoms with Gasteiger partial charge in [-0.05, 0) is 35.7 Å². The Bertz CT molecular complexity index is 968. The Morgan fingerprint density at radius 1 is 1.16 bits per heavy atom. The number of carbonyl (C=O) groups is 2. The molecule has 8 nitrogen and oxygen atoms in total. The van der Waals surface area contributed by atoms with Gasteiger partial charge in [0.05, 0.1) is 45.5 Å². The zero-order valence-electron chi connectivity index (χ0n) is 17.1. The van der Waals surface area contributed by atoms with E-state index in [1.165, 1.54) is 0 Å². The van der Waals surface area contributed by atoms with Gasteiger partial charge in [-0.3, -0.25) is 14.6 Å². The number of carboxylic acid groups (broad SMARTS) is 1. The highest BCUT2D eigenvalue weighted by molar-refractivity contribution is 6.04. The summed E-state index contributed by atoms with van der Waals surface area (Å²) in [6.07, 6.45) is 2.53. The summed E-state index contributed by atoms with van der Waals surface area (Å²) in [4.78, 5) is 23.5. The number of nitrogens with one attached hydrogen (secondary N) is 1. The molecule has 0 saturated carbocycles. The Hall–Kier alpha value is -3.39. The number of ether oxygens (including phenoxy) is 2. The molecule has 2 aromatic carbocycles. The van der Waals surface area contributed by atoms with Crippen molar-refractivity contribution in [2.24, 2.45) is 11.0 Å². The van der Waals surface area contributed by atoms with Gasteiger partial charge in [0.15, 0.2) is 0 Å². The molecule has 8 heteroatoms. The second-order valence-corrected chi connectivity index (χ2v) is 7.69. The maximum atomic E-state index is 12.6. The zero-order valence-corrected chi connectivity index (χ0v) is 17.1. The number of hydrogen-bond acceptors (Lipinski definition) is 6. The minimum atomic E-state index is -0.820. The maximum Gasteiger partial charge on any atom is 0.303 e. The van der Waals surface area contributed by atoms with Crippen LogP contribution in [0.3, 0.4) is 0 Å². The van der Waals surface area contributed by atoms with E-state index in [0.717, 1.165) is 24.2 Å². The standard InChI is InChI=1S/C23H25N3O5/c27-22(28)12-17-11-19-5-6-20(13-21(19)31-15-17)25-23(29)18-3-1-16(2-4-18)14-24-26-7-9-30-10-8-26/h1-6,13-14,17H,7-12,15H2,(H,25,29)(H,27,28). The van der Waals surface area contributed by atoms with E-state index in [1.54, 1.807) is 24.4 Å². The second kappa shape index (κ2) is 9.61. The van der Waals surface area contributed by atoms with Gasteiger partial charge in [-0.25, -0.2) is 0 Å². The van der Waals surface area contributed by atoms with E-state index >= 15 is 0 Å². The average Bonchev–Trinajstić information content (AvgIpc) is 2.78. The molecule has 0 spiro atoms. The van der Waals surface area contributed by atoms with Crippen molar-refractivity contribution in [3.05, 3.63) is 59.2 Å². The lowest BCUT2D eigenvalue weighted by molar-refractivity contribution is -0.138. The van der Waals surface area contributed by atoms with Crippen LogP contribution in [0.25, 0.3) is 0 Å². The van der Waals surface area contributed by atoms with Crippen LogP contribution in [0.2, 0.25) is 0 Å². The third-order valence-electron chi connectivity index (χ3n) is 5.30. The number of hydrogen-bond donors (Lipinski definition) is 2. The lowest BCUT2D eigenvalue weighted by atomic mass is 9.94. The number of morpholine rings is 1. The fraction of sp³-hybridized carbons (Fsp3) is 0.348. The first-order chi connectivity index (χ1) is 15.1. The predicted octanol–water partition coefficient (Wildman–Crippen LogP) is 2.63. The van der Waals surface area contributed by atoms with E-state index in [4.69, 9.17) is 14.6 Å². The van der Waals surface area contributed by atoms with Crippen molar-refractivity contribution in [3.8, 4) is 5.75 Å². The quantitative estimate of drug-likeness (QED) is 0.693. The summed E-state index contributed by atoms with van der Waals surface area (Å²) in [5.41, 5.74) is 3.06. The molecule has 2 aliphatic rings. The average molecular weight is 423 g/mol. The Labute approximate surface area is 180 Å². The Morgan fingerprint density at radius 3 is 2.68 bits per heavy atom. The summed E-state index contributed by atoms with van der Waals surface area (Å²) in [5.74, 6) is -0.375. The fourth-order valence-corrected chi connectivity index (χ4v) is 3.63. The van der Waals surface area contributed by atoms with E-state index < -0.39 is 5.97 Å². The van der Waals surface area contributed by atoms with Crippen molar-refractivity contribution in [1.82, 2.24) is 5.01 Å². The third-order valence-corrected chi connectivity index (χ3v) is 5.30. The van der Waals surface area contributed by atoms with E-state index in [2.05, 4.69) is 10.4 Å². The summed E-state index contributed by atoms with van der Waals surface area (Å²) in [6, 6.07) is 12.7. The molecule has 1 fully saturated rings. The molecular weight excluding hydrogens is 398 g/mol. The largest absolute Gasteiger partial charge is 0.493 e. The van der Waals surface area contributed by atoms with E-state index in [9.17, 15) is 9.59 Å². The zero-order chi connectivity index (χ0) is 21.6. The van der Waals surface area contributed by atoms with Crippen molar-refractivity contribution in [2.45, 2.75) is 12.8 Å². The second-order valence-electron chi connectivity index (χ2n) is 7.69. The van der Waals surface area contributed by atoms with Crippen molar-refractivity contribution < 1.29 is 24.2 Å². The van der Waals surface area contributed by atoms with Crippen LogP contribution in [0.5, 0.6) is 5.75 Å². The first-order valence-electron chi connectivity index (χ1n) is 10.3. The number of carbonyl (C=O) groups excluding carboxylic acids is 1. The van der Waals surface area contributed by atoms with Gasteiger partial charge < -0.3 is 19.9 Å². The van der Waals surface area contributed by atoms with Crippen LogP contribution >= 0.6 is 0 Å². The number of rotatable bonds is 6. The monoisotopic (exact) mass is 423 g/mol. The summed E-state index contributed by atoms with van der Waals surface area (Å²) < 4.78 is 11.0. The highest BCUT2D eigenvalue weighted by Crippen LogP contribution is 2.31. The molecule has 1 amide bonds. The third kappa shape index (κ3) is 5.61. The van der Waals surface area contributed by atoms with Crippen LogP contribution in [0.15, 0.2) is 47.6 Å². The Morgan fingerprint density at radius 2 is 1.94 bits per heavy atom. The molecule has 2 aliphatic heterocycles. The molecule has 0 bridgehead atoms. The summed E-state index contributed by atoms with van der Waals surface area (Å²) >= 11 is 0. The predicted molar refractivity (Wildman–Crippen MR) is 116 cm³/mol. The van der Waals surface area contributed by atoms with Crippen LogP contribution in [-0.4, -0.2) is 61.1 Å². The molecular formula is C23H25N3O5. The first-order valence-corrected chi connectivity index (χ1v) is 10.3. The minimum Gasteiger partial charge on any atom is -0.493 e. The molecule has 2 N–H and O–H groups in total. The number of fused-ring (bicyclic) bond motifs is 1. The highest BCUT2D eigenvalue weighted by atomic mass is 16.5. The van der Waals surface area contributed by atoms with E-state index in [1.807, 2.05) is 29.3 Å². The van der Waals surface area contributed by atoms with Crippen LogP contribution in [0, 0.1) is 5.92 Å². The van der Waals surface area contributed by atoms with Gasteiger partial charge in [0, 0.05) is 23.2 Å². The van der Waals surface area contributed by atoms with Crippen molar-refractivity contribution in [1.29, 1.82) is 0 Å². The molecule has 1 atom stereocenters. The summed E-state index contributed by atoms with van der Waals surface area (Å²) in [7, 11) is 0. The van der Waals surface area contributed by atoms with Crippen LogP contribution < -0.4 is 10.1 Å². The van der Waals surface area contributed by atoms with Crippen molar-refractivity contribution >= 4 is 23.8 Å². The molecule has 4 rings (SSSR count). The summed E-state index contributed by atoms with van der Waals surface area (Å²) in [5, 5.41) is 18.2. The van der Waals surface area contributed by atoms with E-state index in [-0.39, 0.29) is 18.2 Å². The van der Waals surface area contributed by atoms with Gasteiger partial charge in [0.2, 0.25) is 0 Å². The normalized spacial score (nSPS) is 18.3. The number of aliphatic carboxylic acids is 1. The lowest BCUT2D eigenvalue weighted by Crippen LogP contribution is -2.32. The smallest absolute Gasteiger partial charge is 0.303 e. The summed E-state index contributed by atoms with van der Waals surface area (Å²) in [6.45, 7) is 3.30. The molecule has 0 aromatic heterocycles. The molecule has 31 heavy (non-hydrogen) atoms. The van der Waals surface area contributed by atoms with Crippen LogP contribution in [0.1, 0.15) is 27.9 Å². The van der Waals surface area contributed by atoms with Gasteiger partial charge in [-0.1, -0.05) is 18.2 Å². The molecule has 1 unspecified atom stereocenters. The fourth-order valence-electron chi connectivity index (χ4n) is 3.63. The first kappa shape index (κ1) is 20.9. The number of anilines is 1. The van der Waals surface area contributed by atoms with Crippen molar-refractivity contribution in [3.63, 3.8) is 0 Å². The van der Waals surface area contributed by atoms with Gasteiger partial charge in [-0.15, -0.1) is 0 Å². The number of benzene rings is 2. The van der Waals surface area contributed by atoms with Crippen LogP contribution in [-0.2, 0) is 16.0 Å². The maximum absolute atomic E-state index is 12.6. The molecule has 0 aliphatic carbocycles. The number of carboxylic acids is 1.